The number of rotatable bonds is 3. The zero-order valence-corrected chi connectivity index (χ0v) is 18.2. The summed E-state index contributed by atoms with van der Waals surface area (Å²) in [5, 5.41) is 8.77. The summed E-state index contributed by atoms with van der Waals surface area (Å²) in [7, 11) is 1.70. The van der Waals surface area contributed by atoms with Crippen LogP contribution in [0.2, 0.25) is 0 Å². The molecule has 2 aromatic rings. The number of ether oxygens (including phenoxy) is 1. The zero-order valence-electron chi connectivity index (χ0n) is 18.2. The SMILES string of the molecule is COc1c(C(C)(C)C)cc(C#Cc2ccc(C(F)C(=O)O)cc2)cc1C(C)(C)C. The molecule has 0 heterocycles. The van der Waals surface area contributed by atoms with Crippen molar-refractivity contribution in [2.75, 3.05) is 7.11 Å². The topological polar surface area (TPSA) is 46.5 Å². The second kappa shape index (κ2) is 8.29. The van der Waals surface area contributed by atoms with Gasteiger partial charge in [0.2, 0.25) is 6.17 Å². The number of carboxylic acids is 1. The van der Waals surface area contributed by atoms with E-state index in [1.165, 1.54) is 12.1 Å². The maximum Gasteiger partial charge on any atom is 0.343 e. The van der Waals surface area contributed by atoms with Crippen LogP contribution in [0.1, 0.15) is 75.5 Å². The van der Waals surface area contributed by atoms with Gasteiger partial charge in [-0.1, -0.05) is 65.5 Å². The Hall–Kier alpha value is -2.80. The van der Waals surface area contributed by atoms with Gasteiger partial charge in [0.1, 0.15) is 5.75 Å². The number of alkyl halides is 1. The Labute approximate surface area is 172 Å². The van der Waals surface area contributed by atoms with Gasteiger partial charge < -0.3 is 9.84 Å². The number of halogens is 1. The van der Waals surface area contributed by atoms with Crippen molar-refractivity contribution in [2.45, 2.75) is 58.5 Å². The van der Waals surface area contributed by atoms with Crippen LogP contribution in [0, 0.1) is 11.8 Å². The number of hydrogen-bond acceptors (Lipinski definition) is 2. The van der Waals surface area contributed by atoms with Gasteiger partial charge in [-0.2, -0.15) is 0 Å². The average Bonchev–Trinajstić information content (AvgIpc) is 2.63. The smallest absolute Gasteiger partial charge is 0.343 e. The van der Waals surface area contributed by atoms with E-state index in [1.807, 2.05) is 0 Å². The van der Waals surface area contributed by atoms with Crippen LogP contribution in [-0.4, -0.2) is 18.2 Å². The Morgan fingerprint density at radius 3 is 1.76 bits per heavy atom. The fourth-order valence-electron chi connectivity index (χ4n) is 3.06. The van der Waals surface area contributed by atoms with E-state index in [1.54, 1.807) is 19.2 Å². The lowest BCUT2D eigenvalue weighted by atomic mass is 9.78. The minimum absolute atomic E-state index is 0.109. The minimum Gasteiger partial charge on any atom is -0.496 e. The molecule has 0 saturated heterocycles. The summed E-state index contributed by atoms with van der Waals surface area (Å²) in [6, 6.07) is 10.3. The van der Waals surface area contributed by atoms with Crippen LogP contribution >= 0.6 is 0 Å². The highest BCUT2D eigenvalue weighted by Crippen LogP contribution is 2.40. The summed E-state index contributed by atoms with van der Waals surface area (Å²) >= 11 is 0. The lowest BCUT2D eigenvalue weighted by Crippen LogP contribution is -2.19. The Morgan fingerprint density at radius 2 is 1.38 bits per heavy atom. The first-order chi connectivity index (χ1) is 13.3. The number of benzene rings is 2. The molecule has 0 aliphatic rings. The first-order valence-corrected chi connectivity index (χ1v) is 9.56. The average molecular weight is 397 g/mol. The van der Waals surface area contributed by atoms with E-state index >= 15 is 0 Å². The Balaban J connectivity index is 2.50. The maximum atomic E-state index is 13.6. The highest BCUT2D eigenvalue weighted by molar-refractivity contribution is 5.74. The van der Waals surface area contributed by atoms with Crippen molar-refractivity contribution in [3.8, 4) is 17.6 Å². The molecule has 4 heteroatoms. The molecule has 0 bridgehead atoms. The Kier molecular flexibility index (Phi) is 6.43. The predicted octanol–water partition coefficient (Wildman–Crippen LogP) is 5.79. The molecule has 0 saturated carbocycles. The number of methoxy groups -OCH3 is 1. The molecule has 1 N–H and O–H groups in total. The van der Waals surface area contributed by atoms with Gasteiger partial charge in [-0.3, -0.25) is 0 Å². The van der Waals surface area contributed by atoms with Gasteiger partial charge in [0.25, 0.3) is 0 Å². The molecular weight excluding hydrogens is 367 g/mol. The Morgan fingerprint density at radius 1 is 0.931 bits per heavy atom. The minimum atomic E-state index is -2.03. The van der Waals surface area contributed by atoms with E-state index in [2.05, 4.69) is 65.5 Å². The summed E-state index contributed by atoms with van der Waals surface area (Å²) in [5.74, 6) is 5.68. The van der Waals surface area contributed by atoms with Gasteiger partial charge in [0.15, 0.2) is 0 Å². The lowest BCUT2D eigenvalue weighted by molar-refractivity contribution is -0.143. The number of carbonyl (C=O) groups is 1. The molecule has 2 rings (SSSR count). The summed E-state index contributed by atoms with van der Waals surface area (Å²) < 4.78 is 19.3. The molecular formula is C25H29FO3. The molecule has 2 aromatic carbocycles. The van der Waals surface area contributed by atoms with E-state index in [0.717, 1.165) is 22.4 Å². The van der Waals surface area contributed by atoms with Gasteiger partial charge in [-0.15, -0.1) is 0 Å². The first-order valence-electron chi connectivity index (χ1n) is 9.56. The van der Waals surface area contributed by atoms with Crippen molar-refractivity contribution in [3.05, 3.63) is 64.2 Å². The Bertz CT molecular complexity index is 914. The summed E-state index contributed by atoms with van der Waals surface area (Å²) in [4.78, 5) is 10.8. The molecule has 1 unspecified atom stereocenters. The van der Waals surface area contributed by atoms with E-state index in [0.29, 0.717) is 5.56 Å². The van der Waals surface area contributed by atoms with Gasteiger partial charge in [-0.25, -0.2) is 9.18 Å². The van der Waals surface area contributed by atoms with E-state index < -0.39 is 12.1 Å². The largest absolute Gasteiger partial charge is 0.496 e. The van der Waals surface area contributed by atoms with Crippen molar-refractivity contribution in [2.24, 2.45) is 0 Å². The van der Waals surface area contributed by atoms with E-state index in [-0.39, 0.29) is 16.4 Å². The number of hydrogen-bond donors (Lipinski definition) is 1. The number of carboxylic acid groups (broad SMARTS) is 1. The molecule has 0 aliphatic heterocycles. The van der Waals surface area contributed by atoms with Gasteiger partial charge in [-0.05, 0) is 40.7 Å². The quantitative estimate of drug-likeness (QED) is 0.669. The molecule has 1 atom stereocenters. The first kappa shape index (κ1) is 22.5. The van der Waals surface area contributed by atoms with Crippen LogP contribution in [0.4, 0.5) is 4.39 Å². The third-order valence-corrected chi connectivity index (χ3v) is 4.68. The molecule has 29 heavy (non-hydrogen) atoms. The summed E-state index contributed by atoms with van der Waals surface area (Å²) in [6.45, 7) is 12.9. The molecule has 154 valence electrons. The molecule has 0 aromatic heterocycles. The van der Waals surface area contributed by atoms with Crippen LogP contribution in [0.5, 0.6) is 5.75 Å². The van der Waals surface area contributed by atoms with Gasteiger partial charge >= 0.3 is 5.97 Å². The molecule has 3 nitrogen and oxygen atoms in total. The molecule has 0 amide bonds. The van der Waals surface area contributed by atoms with Crippen LogP contribution in [0.15, 0.2) is 36.4 Å². The highest BCUT2D eigenvalue weighted by atomic mass is 19.1. The second-order valence-corrected chi connectivity index (χ2v) is 9.18. The van der Waals surface area contributed by atoms with Crippen LogP contribution < -0.4 is 4.74 Å². The molecule has 0 fully saturated rings. The summed E-state index contributed by atoms with van der Waals surface area (Å²) in [6.07, 6.45) is -2.03. The number of aliphatic carboxylic acids is 1. The van der Waals surface area contributed by atoms with Crippen LogP contribution in [0.25, 0.3) is 0 Å². The van der Waals surface area contributed by atoms with Crippen LogP contribution in [-0.2, 0) is 15.6 Å². The fraction of sp³-hybridized carbons (Fsp3) is 0.400. The summed E-state index contributed by atoms with van der Waals surface area (Å²) in [5.41, 5.74) is 3.63. The second-order valence-electron chi connectivity index (χ2n) is 9.18. The zero-order chi connectivity index (χ0) is 22.0. The van der Waals surface area contributed by atoms with Crippen molar-refractivity contribution >= 4 is 5.97 Å². The predicted molar refractivity (Wildman–Crippen MR) is 114 cm³/mol. The van der Waals surface area contributed by atoms with Gasteiger partial charge in [0, 0.05) is 22.3 Å². The molecule has 0 aliphatic carbocycles. The normalized spacial score (nSPS) is 12.7. The fourth-order valence-corrected chi connectivity index (χ4v) is 3.06. The highest BCUT2D eigenvalue weighted by Gasteiger charge is 2.27. The molecule has 0 spiro atoms. The van der Waals surface area contributed by atoms with Crippen molar-refractivity contribution in [1.82, 2.24) is 0 Å². The third-order valence-electron chi connectivity index (χ3n) is 4.68. The van der Waals surface area contributed by atoms with E-state index in [9.17, 15) is 9.18 Å². The van der Waals surface area contributed by atoms with Gasteiger partial charge in [0.05, 0.1) is 7.11 Å². The van der Waals surface area contributed by atoms with E-state index in [4.69, 9.17) is 9.84 Å². The third kappa shape index (κ3) is 5.38. The van der Waals surface area contributed by atoms with Crippen molar-refractivity contribution in [3.63, 3.8) is 0 Å². The lowest BCUT2D eigenvalue weighted by Gasteiger charge is -2.29. The maximum absolute atomic E-state index is 13.6. The standard InChI is InChI=1S/C25H29FO3/c1-24(2,3)19-14-17(15-20(22(19)29-7)25(4,5)6)9-8-16-10-12-18(13-11-16)21(26)23(27)28/h10-15,21H,1-7H3,(H,27,28). The van der Waals surface area contributed by atoms with Crippen LogP contribution in [0.3, 0.4) is 0 Å². The van der Waals surface area contributed by atoms with Crippen molar-refractivity contribution < 1.29 is 19.0 Å². The molecule has 0 radical (unpaired) electrons. The van der Waals surface area contributed by atoms with Crippen molar-refractivity contribution in [1.29, 1.82) is 0 Å². The monoisotopic (exact) mass is 396 g/mol.